The van der Waals surface area contributed by atoms with Gasteiger partial charge >= 0.3 is 0 Å². The number of hydrogen-bond acceptors (Lipinski definition) is 6. The second-order valence-electron chi connectivity index (χ2n) is 8.19. The molecule has 6 heteroatoms. The Balaban J connectivity index is 1.32. The van der Waals surface area contributed by atoms with Crippen LogP contribution in [0, 0.1) is 12.8 Å². The fraction of sp³-hybridized carbons (Fsp3) is 0.320. The van der Waals surface area contributed by atoms with Crippen molar-refractivity contribution in [3.63, 3.8) is 0 Å². The molecule has 0 bridgehead atoms. The summed E-state index contributed by atoms with van der Waals surface area (Å²) >= 11 is 0. The van der Waals surface area contributed by atoms with Gasteiger partial charge in [0, 0.05) is 36.7 Å². The molecule has 4 aromatic rings. The van der Waals surface area contributed by atoms with E-state index < -0.39 is 0 Å². The summed E-state index contributed by atoms with van der Waals surface area (Å²) in [5, 5.41) is 0. The van der Waals surface area contributed by atoms with Crippen LogP contribution in [0.25, 0.3) is 22.2 Å². The summed E-state index contributed by atoms with van der Waals surface area (Å²) in [6.07, 6.45) is 14.5. The molecule has 0 aliphatic heterocycles. The number of aryl methyl sites for hydroxylation is 1. The van der Waals surface area contributed by atoms with Gasteiger partial charge in [-0.05, 0) is 86.4 Å². The lowest BCUT2D eigenvalue weighted by Gasteiger charge is -2.29. The van der Waals surface area contributed by atoms with Gasteiger partial charge in [-0.15, -0.1) is 0 Å². The Hall–Kier alpha value is -3.41. The minimum Gasteiger partial charge on any atom is -0.488 e. The Bertz CT molecular complexity index is 1170. The maximum atomic E-state index is 6.50. The van der Waals surface area contributed by atoms with Crippen molar-refractivity contribution in [3.8, 4) is 16.9 Å². The molecule has 0 unspecified atom stereocenters. The molecular weight excluding hydrogens is 386 g/mol. The van der Waals surface area contributed by atoms with Gasteiger partial charge in [-0.2, -0.15) is 0 Å². The number of aromatic nitrogens is 5. The second kappa shape index (κ2) is 8.76. The van der Waals surface area contributed by atoms with Gasteiger partial charge in [-0.1, -0.05) is 0 Å². The molecule has 0 spiro atoms. The SMILES string of the molecule is Cc1nccc(CC2CCC(Oc3cc(-c4ccncc4)cc4nccnc34)CC2)n1. The van der Waals surface area contributed by atoms with E-state index in [0.717, 1.165) is 71.5 Å². The molecule has 5 rings (SSSR count). The summed E-state index contributed by atoms with van der Waals surface area (Å²) in [5.41, 5.74) is 4.97. The number of rotatable bonds is 5. The van der Waals surface area contributed by atoms with Crippen molar-refractivity contribution in [2.24, 2.45) is 5.92 Å². The third kappa shape index (κ3) is 4.53. The van der Waals surface area contributed by atoms with Crippen molar-refractivity contribution in [1.29, 1.82) is 0 Å². The Kier molecular flexibility index (Phi) is 5.52. The monoisotopic (exact) mass is 411 g/mol. The van der Waals surface area contributed by atoms with Gasteiger partial charge in [-0.25, -0.2) is 15.0 Å². The Morgan fingerprint density at radius 2 is 1.65 bits per heavy atom. The first kappa shape index (κ1) is 19.5. The minimum absolute atomic E-state index is 0.196. The molecule has 156 valence electrons. The number of ether oxygens (including phenoxy) is 1. The number of fused-ring (bicyclic) bond motifs is 1. The van der Waals surface area contributed by atoms with Crippen molar-refractivity contribution in [3.05, 3.63) is 72.8 Å². The maximum Gasteiger partial charge on any atom is 0.148 e. The summed E-state index contributed by atoms with van der Waals surface area (Å²) in [4.78, 5) is 22.0. The number of hydrogen-bond donors (Lipinski definition) is 0. The second-order valence-corrected chi connectivity index (χ2v) is 8.19. The lowest BCUT2D eigenvalue weighted by Crippen LogP contribution is -2.25. The van der Waals surface area contributed by atoms with Crippen LogP contribution >= 0.6 is 0 Å². The van der Waals surface area contributed by atoms with E-state index in [0.29, 0.717) is 5.92 Å². The molecule has 1 saturated carbocycles. The Labute approximate surface area is 181 Å². The fourth-order valence-corrected chi connectivity index (χ4v) is 4.39. The third-order valence-corrected chi connectivity index (χ3v) is 5.97. The van der Waals surface area contributed by atoms with Gasteiger partial charge in [0.05, 0.1) is 11.6 Å². The van der Waals surface area contributed by atoms with Gasteiger partial charge in [-0.3, -0.25) is 9.97 Å². The average molecular weight is 412 g/mol. The van der Waals surface area contributed by atoms with Crippen LogP contribution in [-0.4, -0.2) is 31.0 Å². The molecule has 31 heavy (non-hydrogen) atoms. The van der Waals surface area contributed by atoms with Crippen molar-refractivity contribution in [1.82, 2.24) is 24.9 Å². The van der Waals surface area contributed by atoms with E-state index in [1.807, 2.05) is 31.3 Å². The molecule has 6 nitrogen and oxygen atoms in total. The summed E-state index contributed by atoms with van der Waals surface area (Å²) in [6.45, 7) is 1.95. The standard InChI is InChI=1S/C25H25N5O/c1-17-27-11-8-21(30-17)14-18-2-4-22(5-3-18)31-24-16-20(19-6-9-26-10-7-19)15-23-25(24)29-13-12-28-23/h6-13,15-16,18,22H,2-5,14H2,1H3. The molecular formula is C25H25N5O. The first-order chi connectivity index (χ1) is 15.2. The molecule has 1 aliphatic rings. The predicted molar refractivity (Wildman–Crippen MR) is 120 cm³/mol. The maximum absolute atomic E-state index is 6.50. The highest BCUT2D eigenvalue weighted by atomic mass is 16.5. The van der Waals surface area contributed by atoms with Gasteiger partial charge in [0.1, 0.15) is 17.1 Å². The minimum atomic E-state index is 0.196. The molecule has 0 saturated heterocycles. The first-order valence-corrected chi connectivity index (χ1v) is 10.8. The summed E-state index contributed by atoms with van der Waals surface area (Å²) in [7, 11) is 0. The first-order valence-electron chi connectivity index (χ1n) is 10.8. The number of pyridine rings is 1. The van der Waals surface area contributed by atoms with Gasteiger partial charge in [0.25, 0.3) is 0 Å². The van der Waals surface area contributed by atoms with E-state index in [-0.39, 0.29) is 6.10 Å². The molecule has 3 heterocycles. The van der Waals surface area contributed by atoms with Crippen LogP contribution < -0.4 is 4.74 Å². The molecule has 0 radical (unpaired) electrons. The normalized spacial score (nSPS) is 18.7. The zero-order valence-corrected chi connectivity index (χ0v) is 17.6. The molecule has 0 N–H and O–H groups in total. The van der Waals surface area contributed by atoms with Crippen molar-refractivity contribution in [2.75, 3.05) is 0 Å². The highest BCUT2D eigenvalue weighted by Gasteiger charge is 2.24. The van der Waals surface area contributed by atoms with Crippen LogP contribution in [0.3, 0.4) is 0 Å². The van der Waals surface area contributed by atoms with Gasteiger partial charge in [0.15, 0.2) is 0 Å². The smallest absolute Gasteiger partial charge is 0.148 e. The molecule has 3 aromatic heterocycles. The predicted octanol–water partition coefficient (Wildman–Crippen LogP) is 4.97. The highest BCUT2D eigenvalue weighted by molar-refractivity contribution is 5.86. The third-order valence-electron chi connectivity index (χ3n) is 5.97. The van der Waals surface area contributed by atoms with Crippen molar-refractivity contribution in [2.45, 2.75) is 45.1 Å². The Morgan fingerprint density at radius 1 is 0.839 bits per heavy atom. The average Bonchev–Trinajstić information content (AvgIpc) is 2.81. The molecule has 1 aromatic carbocycles. The summed E-state index contributed by atoms with van der Waals surface area (Å²) < 4.78 is 6.50. The van der Waals surface area contributed by atoms with E-state index in [9.17, 15) is 0 Å². The Morgan fingerprint density at radius 3 is 2.45 bits per heavy atom. The van der Waals surface area contributed by atoms with E-state index in [4.69, 9.17) is 4.74 Å². The zero-order chi connectivity index (χ0) is 21.0. The van der Waals surface area contributed by atoms with E-state index >= 15 is 0 Å². The van der Waals surface area contributed by atoms with Gasteiger partial charge < -0.3 is 4.74 Å². The van der Waals surface area contributed by atoms with Crippen LogP contribution in [0.4, 0.5) is 0 Å². The van der Waals surface area contributed by atoms with Crippen molar-refractivity contribution >= 4 is 11.0 Å². The van der Waals surface area contributed by atoms with E-state index in [1.54, 1.807) is 24.8 Å². The quantitative estimate of drug-likeness (QED) is 0.462. The largest absolute Gasteiger partial charge is 0.488 e. The van der Waals surface area contributed by atoms with E-state index in [2.05, 4.69) is 37.1 Å². The molecule has 1 fully saturated rings. The molecule has 0 amide bonds. The fourth-order valence-electron chi connectivity index (χ4n) is 4.39. The van der Waals surface area contributed by atoms with Crippen LogP contribution in [0.2, 0.25) is 0 Å². The van der Waals surface area contributed by atoms with Crippen molar-refractivity contribution < 1.29 is 4.74 Å². The van der Waals surface area contributed by atoms with Crippen LogP contribution in [0.1, 0.15) is 37.2 Å². The topological polar surface area (TPSA) is 73.7 Å². The summed E-state index contributed by atoms with van der Waals surface area (Å²) in [6, 6.07) is 10.2. The lowest BCUT2D eigenvalue weighted by atomic mass is 9.84. The van der Waals surface area contributed by atoms with Crippen LogP contribution in [0.5, 0.6) is 5.75 Å². The molecule has 0 atom stereocenters. The number of nitrogens with zero attached hydrogens (tertiary/aromatic N) is 5. The van der Waals surface area contributed by atoms with Gasteiger partial charge in [0.2, 0.25) is 0 Å². The van der Waals surface area contributed by atoms with Crippen LogP contribution in [0.15, 0.2) is 61.3 Å². The lowest BCUT2D eigenvalue weighted by molar-refractivity contribution is 0.132. The van der Waals surface area contributed by atoms with Crippen LogP contribution in [-0.2, 0) is 6.42 Å². The highest BCUT2D eigenvalue weighted by Crippen LogP contribution is 2.34. The number of benzene rings is 1. The summed E-state index contributed by atoms with van der Waals surface area (Å²) in [5.74, 6) is 2.30. The zero-order valence-electron chi connectivity index (χ0n) is 17.6. The molecule has 1 aliphatic carbocycles. The van der Waals surface area contributed by atoms with E-state index in [1.165, 1.54) is 0 Å².